The molecule has 0 saturated heterocycles. The highest BCUT2D eigenvalue weighted by Gasteiger charge is 2.02. The summed E-state index contributed by atoms with van der Waals surface area (Å²) >= 11 is 0. The first kappa shape index (κ1) is 12.4. The van der Waals surface area contributed by atoms with Crippen molar-refractivity contribution in [3.8, 4) is 0 Å². The monoisotopic (exact) mass is 244 g/mol. The Balaban J connectivity index is 2.18. The Labute approximate surface area is 105 Å². The van der Waals surface area contributed by atoms with E-state index in [9.17, 15) is 4.79 Å². The molecule has 5 nitrogen and oxygen atoms in total. The van der Waals surface area contributed by atoms with E-state index in [4.69, 9.17) is 0 Å². The van der Waals surface area contributed by atoms with Crippen molar-refractivity contribution in [1.82, 2.24) is 20.3 Å². The van der Waals surface area contributed by atoms with Crippen molar-refractivity contribution in [2.45, 2.75) is 19.9 Å². The van der Waals surface area contributed by atoms with Crippen LogP contribution in [0.1, 0.15) is 24.0 Å². The molecule has 5 heteroatoms. The second-order valence-corrected chi connectivity index (χ2v) is 4.00. The van der Waals surface area contributed by atoms with E-state index in [1.807, 2.05) is 19.1 Å². The standard InChI is InChI=1S/C13H16N4O/c1-2-14-9-11-8-13(18)17-12(16-11)7-10-3-5-15-6-4-10/h3-6,8,14H,2,7,9H2,1H3,(H,16,17,18). The van der Waals surface area contributed by atoms with E-state index < -0.39 is 0 Å². The molecule has 2 aromatic heterocycles. The second kappa shape index (κ2) is 6.07. The SMILES string of the molecule is CCNCc1cc(=O)[nH]c(Cc2ccncc2)n1. The Morgan fingerprint density at radius 2 is 2.11 bits per heavy atom. The first-order chi connectivity index (χ1) is 8.78. The quantitative estimate of drug-likeness (QED) is 0.818. The Morgan fingerprint density at radius 3 is 2.83 bits per heavy atom. The number of nitrogens with one attached hydrogen (secondary N) is 2. The van der Waals surface area contributed by atoms with Crippen molar-refractivity contribution in [2.75, 3.05) is 6.54 Å². The number of rotatable bonds is 5. The Kier molecular flexibility index (Phi) is 4.20. The molecule has 18 heavy (non-hydrogen) atoms. The zero-order chi connectivity index (χ0) is 12.8. The highest BCUT2D eigenvalue weighted by atomic mass is 16.1. The van der Waals surface area contributed by atoms with Gasteiger partial charge < -0.3 is 10.3 Å². The summed E-state index contributed by atoms with van der Waals surface area (Å²) in [6.07, 6.45) is 4.07. The van der Waals surface area contributed by atoms with E-state index in [0.717, 1.165) is 17.8 Å². The summed E-state index contributed by atoms with van der Waals surface area (Å²) in [5, 5.41) is 3.16. The van der Waals surface area contributed by atoms with Crippen LogP contribution in [0.5, 0.6) is 0 Å². The normalized spacial score (nSPS) is 10.5. The van der Waals surface area contributed by atoms with Crippen LogP contribution in [0.25, 0.3) is 0 Å². The van der Waals surface area contributed by atoms with Crippen molar-refractivity contribution >= 4 is 0 Å². The van der Waals surface area contributed by atoms with Gasteiger partial charge in [0.25, 0.3) is 5.56 Å². The van der Waals surface area contributed by atoms with Gasteiger partial charge in [0.1, 0.15) is 5.82 Å². The lowest BCUT2D eigenvalue weighted by Gasteiger charge is -2.04. The molecule has 0 aliphatic heterocycles. The van der Waals surface area contributed by atoms with Gasteiger partial charge in [0.05, 0.1) is 5.69 Å². The molecule has 0 fully saturated rings. The van der Waals surface area contributed by atoms with E-state index in [0.29, 0.717) is 18.8 Å². The zero-order valence-corrected chi connectivity index (χ0v) is 10.3. The van der Waals surface area contributed by atoms with Gasteiger partial charge in [-0.2, -0.15) is 0 Å². The number of aromatic nitrogens is 3. The molecule has 0 atom stereocenters. The van der Waals surface area contributed by atoms with Gasteiger partial charge in [0.15, 0.2) is 0 Å². The zero-order valence-electron chi connectivity index (χ0n) is 10.3. The van der Waals surface area contributed by atoms with Crippen LogP contribution in [-0.2, 0) is 13.0 Å². The number of aromatic amines is 1. The van der Waals surface area contributed by atoms with Gasteiger partial charge in [-0.05, 0) is 24.2 Å². The average Bonchev–Trinajstić information content (AvgIpc) is 2.37. The molecule has 0 aliphatic rings. The molecule has 0 aromatic carbocycles. The van der Waals surface area contributed by atoms with Crippen molar-refractivity contribution in [2.24, 2.45) is 0 Å². The van der Waals surface area contributed by atoms with Crippen molar-refractivity contribution < 1.29 is 0 Å². The van der Waals surface area contributed by atoms with Gasteiger partial charge in [-0.15, -0.1) is 0 Å². The number of pyridine rings is 1. The van der Waals surface area contributed by atoms with Gasteiger partial charge in [-0.25, -0.2) is 4.98 Å². The van der Waals surface area contributed by atoms with Crippen molar-refractivity contribution in [3.05, 3.63) is 58.0 Å². The lowest BCUT2D eigenvalue weighted by molar-refractivity contribution is 0.700. The van der Waals surface area contributed by atoms with Gasteiger partial charge in [-0.3, -0.25) is 9.78 Å². The van der Waals surface area contributed by atoms with Crippen LogP contribution in [-0.4, -0.2) is 21.5 Å². The van der Waals surface area contributed by atoms with E-state index in [2.05, 4.69) is 20.3 Å². The summed E-state index contributed by atoms with van der Waals surface area (Å²) in [5.74, 6) is 0.682. The average molecular weight is 244 g/mol. The third-order valence-corrected chi connectivity index (χ3v) is 2.52. The third-order valence-electron chi connectivity index (χ3n) is 2.52. The molecule has 2 rings (SSSR count). The summed E-state index contributed by atoms with van der Waals surface area (Å²) in [5.41, 5.74) is 1.74. The van der Waals surface area contributed by atoms with Crippen LogP contribution in [0.3, 0.4) is 0 Å². The smallest absolute Gasteiger partial charge is 0.251 e. The maximum Gasteiger partial charge on any atom is 0.251 e. The molecular formula is C13H16N4O. The molecule has 2 heterocycles. The minimum absolute atomic E-state index is 0.109. The van der Waals surface area contributed by atoms with Crippen LogP contribution in [0.2, 0.25) is 0 Å². The van der Waals surface area contributed by atoms with Gasteiger partial charge in [0.2, 0.25) is 0 Å². The van der Waals surface area contributed by atoms with Crippen LogP contribution >= 0.6 is 0 Å². The van der Waals surface area contributed by atoms with Gasteiger partial charge in [0, 0.05) is 31.4 Å². The lowest BCUT2D eigenvalue weighted by atomic mass is 10.2. The minimum atomic E-state index is -0.109. The first-order valence-corrected chi connectivity index (χ1v) is 5.96. The highest BCUT2D eigenvalue weighted by Crippen LogP contribution is 2.03. The Hall–Kier alpha value is -2.01. The highest BCUT2D eigenvalue weighted by molar-refractivity contribution is 5.16. The number of hydrogen-bond donors (Lipinski definition) is 2. The third kappa shape index (κ3) is 3.49. The molecular weight excluding hydrogens is 228 g/mol. The molecule has 0 spiro atoms. The Morgan fingerprint density at radius 1 is 1.33 bits per heavy atom. The van der Waals surface area contributed by atoms with E-state index >= 15 is 0 Å². The summed E-state index contributed by atoms with van der Waals surface area (Å²) in [6.45, 7) is 3.49. The lowest BCUT2D eigenvalue weighted by Crippen LogP contribution is -2.18. The number of nitrogens with zero attached hydrogens (tertiary/aromatic N) is 2. The van der Waals surface area contributed by atoms with Gasteiger partial charge in [-0.1, -0.05) is 6.92 Å². The van der Waals surface area contributed by atoms with E-state index in [1.54, 1.807) is 12.4 Å². The van der Waals surface area contributed by atoms with Crippen LogP contribution in [0.4, 0.5) is 0 Å². The minimum Gasteiger partial charge on any atom is -0.311 e. The Bertz CT molecular complexity index is 550. The topological polar surface area (TPSA) is 70.7 Å². The molecule has 2 aromatic rings. The van der Waals surface area contributed by atoms with Gasteiger partial charge >= 0.3 is 0 Å². The van der Waals surface area contributed by atoms with Crippen LogP contribution in [0.15, 0.2) is 35.4 Å². The van der Waals surface area contributed by atoms with Crippen LogP contribution in [0, 0.1) is 0 Å². The molecule has 0 radical (unpaired) electrons. The predicted octanol–water partition coefficient (Wildman–Crippen LogP) is 0.865. The fourth-order valence-electron chi connectivity index (χ4n) is 1.68. The first-order valence-electron chi connectivity index (χ1n) is 5.96. The van der Waals surface area contributed by atoms with Crippen molar-refractivity contribution in [3.63, 3.8) is 0 Å². The maximum atomic E-state index is 11.5. The molecule has 0 unspecified atom stereocenters. The second-order valence-electron chi connectivity index (χ2n) is 4.00. The fourth-order valence-corrected chi connectivity index (χ4v) is 1.68. The van der Waals surface area contributed by atoms with E-state index in [-0.39, 0.29) is 5.56 Å². The summed E-state index contributed by atoms with van der Waals surface area (Å²) in [4.78, 5) is 22.7. The number of H-pyrrole nitrogens is 1. The molecule has 0 aliphatic carbocycles. The van der Waals surface area contributed by atoms with E-state index in [1.165, 1.54) is 6.07 Å². The summed E-state index contributed by atoms with van der Waals surface area (Å²) in [7, 11) is 0. The molecule has 94 valence electrons. The van der Waals surface area contributed by atoms with Crippen LogP contribution < -0.4 is 10.9 Å². The molecule has 0 saturated carbocycles. The number of hydrogen-bond acceptors (Lipinski definition) is 4. The molecule has 0 amide bonds. The molecule has 2 N–H and O–H groups in total. The largest absolute Gasteiger partial charge is 0.311 e. The fraction of sp³-hybridized carbons (Fsp3) is 0.308. The summed E-state index contributed by atoms with van der Waals surface area (Å²) in [6, 6.07) is 5.35. The maximum absolute atomic E-state index is 11.5. The van der Waals surface area contributed by atoms with Crippen molar-refractivity contribution in [1.29, 1.82) is 0 Å². The molecule has 0 bridgehead atoms. The predicted molar refractivity (Wildman–Crippen MR) is 69.3 cm³/mol. The summed E-state index contributed by atoms with van der Waals surface area (Å²) < 4.78 is 0.